The third-order valence-corrected chi connectivity index (χ3v) is 8.73. The van der Waals surface area contributed by atoms with E-state index in [9.17, 15) is 0 Å². The number of nitrogens with zero attached hydrogens (tertiary/aromatic N) is 3. The van der Waals surface area contributed by atoms with Gasteiger partial charge in [0.05, 0.1) is 22.1 Å². The summed E-state index contributed by atoms with van der Waals surface area (Å²) in [5.74, 6) is 0.820. The van der Waals surface area contributed by atoms with E-state index in [1.807, 2.05) is 24.3 Å². The van der Waals surface area contributed by atoms with E-state index in [1.165, 1.54) is 16.2 Å². The van der Waals surface area contributed by atoms with Crippen LogP contribution in [0.15, 0.2) is 132 Å². The molecule has 0 aliphatic rings. The zero-order valence-electron chi connectivity index (χ0n) is 22.4. The maximum atomic E-state index is 6.62. The Labute approximate surface area is 239 Å². The summed E-state index contributed by atoms with van der Waals surface area (Å²) < 4.78 is 8.94. The Morgan fingerprint density at radius 2 is 1.02 bits per heavy atom. The number of fused-ring (bicyclic) bond motifs is 2. The summed E-state index contributed by atoms with van der Waals surface area (Å²) in [7, 11) is 0. The maximum Gasteiger partial charge on any atom is 0.165 e. The Morgan fingerprint density at radius 1 is 0.452 bits per heavy atom. The minimum Gasteiger partial charge on any atom is -0.456 e. The molecule has 10 aromatic rings. The smallest absolute Gasteiger partial charge is 0.165 e. The summed E-state index contributed by atoms with van der Waals surface area (Å²) in [6.07, 6.45) is 0. The SMILES string of the molecule is c1ccc2c(-c3nc4ccccc4nc3-n3c4ccc5cccc6oc7cccc8ccc3c(c87)c4c56)cccc2c1. The van der Waals surface area contributed by atoms with Crippen molar-refractivity contribution in [2.45, 2.75) is 0 Å². The van der Waals surface area contributed by atoms with Gasteiger partial charge in [0.1, 0.15) is 16.9 Å². The van der Waals surface area contributed by atoms with Crippen molar-refractivity contribution >= 4 is 76.3 Å². The highest BCUT2D eigenvalue weighted by Crippen LogP contribution is 2.45. The van der Waals surface area contributed by atoms with Gasteiger partial charge in [-0.2, -0.15) is 0 Å². The van der Waals surface area contributed by atoms with Crippen molar-refractivity contribution in [2.75, 3.05) is 0 Å². The van der Waals surface area contributed by atoms with Gasteiger partial charge in [-0.25, -0.2) is 9.97 Å². The predicted molar refractivity (Wildman–Crippen MR) is 173 cm³/mol. The van der Waals surface area contributed by atoms with E-state index >= 15 is 0 Å². The molecule has 7 aromatic carbocycles. The number of aromatic nitrogens is 3. The topological polar surface area (TPSA) is 43.9 Å². The van der Waals surface area contributed by atoms with Crippen molar-refractivity contribution in [3.63, 3.8) is 0 Å². The normalized spacial score (nSPS) is 12.3. The van der Waals surface area contributed by atoms with E-state index in [1.54, 1.807) is 0 Å². The van der Waals surface area contributed by atoms with Crippen molar-refractivity contribution in [3.05, 3.63) is 127 Å². The highest BCUT2D eigenvalue weighted by molar-refractivity contribution is 6.33. The van der Waals surface area contributed by atoms with Gasteiger partial charge in [0.25, 0.3) is 0 Å². The van der Waals surface area contributed by atoms with Crippen LogP contribution in [0.5, 0.6) is 0 Å². The molecule has 4 heteroatoms. The van der Waals surface area contributed by atoms with Gasteiger partial charge < -0.3 is 4.42 Å². The van der Waals surface area contributed by atoms with Crippen LogP contribution in [-0.4, -0.2) is 14.5 Å². The Bertz CT molecular complexity index is 2590. The molecular weight excluding hydrogens is 514 g/mol. The molecule has 0 N–H and O–H groups in total. The molecule has 10 rings (SSSR count). The van der Waals surface area contributed by atoms with Gasteiger partial charge in [-0.1, -0.05) is 91.0 Å². The summed E-state index contributed by atoms with van der Waals surface area (Å²) in [4.78, 5) is 10.7. The lowest BCUT2D eigenvalue weighted by Crippen LogP contribution is -2.04. The van der Waals surface area contributed by atoms with Crippen LogP contribution < -0.4 is 0 Å². The molecule has 0 amide bonds. The second kappa shape index (κ2) is 7.93. The van der Waals surface area contributed by atoms with Gasteiger partial charge >= 0.3 is 0 Å². The lowest BCUT2D eigenvalue weighted by atomic mass is 10.00. The number of para-hydroxylation sites is 2. The highest BCUT2D eigenvalue weighted by atomic mass is 16.3. The molecule has 0 radical (unpaired) electrons. The first-order chi connectivity index (χ1) is 20.8. The molecule has 0 spiro atoms. The first kappa shape index (κ1) is 22.0. The van der Waals surface area contributed by atoms with E-state index in [4.69, 9.17) is 14.4 Å². The highest BCUT2D eigenvalue weighted by Gasteiger charge is 2.24. The van der Waals surface area contributed by atoms with Crippen LogP contribution in [0, 0.1) is 0 Å². The monoisotopic (exact) mass is 535 g/mol. The second-order valence-electron chi connectivity index (χ2n) is 11.0. The standard InChI is InChI=1S/C38H21N3O/c1-2-12-25-22(8-1)9-5-13-26(25)37-38(40-28-15-4-3-14-27(28)39-37)41-29-20-18-23-10-6-16-31-33(23)35(29)36-30(41)21-19-24-11-7-17-32(42-31)34(24)36/h1-21H. The molecule has 0 fully saturated rings. The Hall–Kier alpha value is -5.74. The number of hydrogen-bond acceptors (Lipinski definition) is 3. The number of hydrogen-bond donors (Lipinski definition) is 0. The first-order valence-electron chi connectivity index (χ1n) is 14.2. The lowest BCUT2D eigenvalue weighted by Gasteiger charge is -2.15. The molecule has 0 saturated heterocycles. The molecular formula is C38H21N3O. The van der Waals surface area contributed by atoms with Gasteiger partial charge in [-0.3, -0.25) is 4.57 Å². The number of benzene rings is 7. The Kier molecular flexibility index (Phi) is 4.15. The zero-order chi connectivity index (χ0) is 27.4. The Morgan fingerprint density at radius 3 is 1.74 bits per heavy atom. The average Bonchev–Trinajstić information content (AvgIpc) is 3.30. The third kappa shape index (κ3) is 2.80. The summed E-state index contributed by atoms with van der Waals surface area (Å²) in [6, 6.07) is 44.5. The van der Waals surface area contributed by atoms with Crippen molar-refractivity contribution in [2.24, 2.45) is 0 Å². The molecule has 3 heterocycles. The summed E-state index contributed by atoms with van der Waals surface area (Å²) in [5, 5.41) is 9.27. The van der Waals surface area contributed by atoms with E-state index in [0.717, 1.165) is 77.2 Å². The van der Waals surface area contributed by atoms with Gasteiger partial charge in [-0.15, -0.1) is 0 Å². The van der Waals surface area contributed by atoms with Crippen LogP contribution in [0.25, 0.3) is 93.4 Å². The summed E-state index contributed by atoms with van der Waals surface area (Å²) in [6.45, 7) is 0. The van der Waals surface area contributed by atoms with Crippen molar-refractivity contribution < 1.29 is 4.42 Å². The third-order valence-electron chi connectivity index (χ3n) is 8.73. The van der Waals surface area contributed by atoms with E-state index in [0.29, 0.717) is 0 Å². The number of rotatable bonds is 2. The fourth-order valence-electron chi connectivity index (χ4n) is 6.95. The molecule has 0 aliphatic heterocycles. The van der Waals surface area contributed by atoms with Gasteiger partial charge in [-0.05, 0) is 57.9 Å². The van der Waals surface area contributed by atoms with Crippen LogP contribution in [-0.2, 0) is 0 Å². The molecule has 0 unspecified atom stereocenters. The van der Waals surface area contributed by atoms with E-state index < -0.39 is 0 Å². The predicted octanol–water partition coefficient (Wildman–Crippen LogP) is 10.0. The van der Waals surface area contributed by atoms with Gasteiger partial charge in [0, 0.05) is 27.1 Å². The van der Waals surface area contributed by atoms with Crippen LogP contribution >= 0.6 is 0 Å². The van der Waals surface area contributed by atoms with Crippen molar-refractivity contribution in [1.29, 1.82) is 0 Å². The fraction of sp³-hybridized carbons (Fsp3) is 0. The van der Waals surface area contributed by atoms with Gasteiger partial charge in [0.15, 0.2) is 5.82 Å². The molecule has 0 bridgehead atoms. The van der Waals surface area contributed by atoms with Crippen LogP contribution in [0.1, 0.15) is 0 Å². The maximum absolute atomic E-state index is 6.62. The molecule has 0 saturated carbocycles. The van der Waals surface area contributed by atoms with Crippen LogP contribution in [0.3, 0.4) is 0 Å². The Balaban J connectivity index is 1.47. The minimum atomic E-state index is 0.820. The molecule has 42 heavy (non-hydrogen) atoms. The van der Waals surface area contributed by atoms with E-state index in [-0.39, 0.29) is 0 Å². The minimum absolute atomic E-state index is 0.820. The van der Waals surface area contributed by atoms with Crippen LogP contribution in [0.2, 0.25) is 0 Å². The van der Waals surface area contributed by atoms with Gasteiger partial charge in [0.2, 0.25) is 0 Å². The quantitative estimate of drug-likeness (QED) is 0.221. The fourth-order valence-corrected chi connectivity index (χ4v) is 6.95. The summed E-state index contributed by atoms with van der Waals surface area (Å²) in [5.41, 5.74) is 7.59. The van der Waals surface area contributed by atoms with Crippen molar-refractivity contribution in [3.8, 4) is 17.1 Å². The van der Waals surface area contributed by atoms with Crippen LogP contribution in [0.4, 0.5) is 0 Å². The molecule has 0 atom stereocenters. The first-order valence-corrected chi connectivity index (χ1v) is 14.2. The second-order valence-corrected chi connectivity index (χ2v) is 11.0. The van der Waals surface area contributed by atoms with Crippen molar-refractivity contribution in [1.82, 2.24) is 14.5 Å². The average molecular weight is 536 g/mol. The summed E-state index contributed by atoms with van der Waals surface area (Å²) >= 11 is 0. The molecule has 194 valence electrons. The molecule has 3 aromatic heterocycles. The molecule has 0 aliphatic carbocycles. The zero-order valence-corrected chi connectivity index (χ0v) is 22.4. The molecule has 4 nitrogen and oxygen atoms in total. The van der Waals surface area contributed by atoms with E-state index in [2.05, 4.69) is 108 Å². The largest absolute Gasteiger partial charge is 0.456 e. The lowest BCUT2D eigenvalue weighted by molar-refractivity contribution is 0.664.